The van der Waals surface area contributed by atoms with Crippen LogP contribution in [0.4, 0.5) is 11.4 Å². The van der Waals surface area contributed by atoms with Crippen LogP contribution in [0.5, 0.6) is 0 Å². The molecule has 0 bridgehead atoms. The molecule has 74 valence electrons. The van der Waals surface area contributed by atoms with E-state index in [0.717, 1.165) is 30.8 Å². The van der Waals surface area contributed by atoms with Crippen LogP contribution in [-0.2, 0) is 11.2 Å². The number of rotatable bonds is 0. The summed E-state index contributed by atoms with van der Waals surface area (Å²) >= 11 is 0. The molecule has 1 heterocycles. The molecule has 0 aliphatic carbocycles. The molecule has 0 saturated heterocycles. The molecule has 14 heavy (non-hydrogen) atoms. The van der Waals surface area contributed by atoms with Gasteiger partial charge in [0.2, 0.25) is 5.91 Å². The molecule has 1 aliphatic heterocycles. The van der Waals surface area contributed by atoms with Crippen molar-refractivity contribution in [1.82, 2.24) is 0 Å². The highest BCUT2D eigenvalue weighted by Crippen LogP contribution is 2.28. The number of nitrogen functional groups attached to an aromatic ring is 1. The monoisotopic (exact) mass is 190 g/mol. The van der Waals surface area contributed by atoms with E-state index in [1.807, 2.05) is 18.2 Å². The molecule has 1 amide bonds. The van der Waals surface area contributed by atoms with Gasteiger partial charge in [-0.2, -0.15) is 0 Å². The summed E-state index contributed by atoms with van der Waals surface area (Å²) in [5.41, 5.74) is 8.64. The van der Waals surface area contributed by atoms with Crippen molar-refractivity contribution in [3.05, 3.63) is 23.8 Å². The Morgan fingerprint density at radius 2 is 2.29 bits per heavy atom. The largest absolute Gasteiger partial charge is 0.399 e. The first-order valence-corrected chi connectivity index (χ1v) is 4.85. The van der Waals surface area contributed by atoms with E-state index >= 15 is 0 Å². The molecular weight excluding hydrogens is 176 g/mol. The van der Waals surface area contributed by atoms with Gasteiger partial charge in [-0.1, -0.05) is 6.07 Å². The highest BCUT2D eigenvalue weighted by molar-refractivity contribution is 5.93. The van der Waals surface area contributed by atoms with Gasteiger partial charge in [0.05, 0.1) is 0 Å². The first-order valence-electron chi connectivity index (χ1n) is 4.85. The number of carbonyl (C=O) groups excluding carboxylic acids is 1. The van der Waals surface area contributed by atoms with Crippen LogP contribution >= 0.6 is 0 Å². The Bertz CT molecular complexity index is 374. The van der Waals surface area contributed by atoms with Crippen LogP contribution in [0, 0.1) is 0 Å². The summed E-state index contributed by atoms with van der Waals surface area (Å²) in [4.78, 5) is 13.2. The summed E-state index contributed by atoms with van der Waals surface area (Å²) in [7, 11) is 0. The molecule has 1 aromatic rings. The number of nitrogens with two attached hydrogens (primary N) is 1. The maximum absolute atomic E-state index is 11.4. The zero-order valence-corrected chi connectivity index (χ0v) is 8.29. The SMILES string of the molecule is CC(=O)N1CCCc2ccc(N)cc21. The fraction of sp³-hybridized carbons (Fsp3) is 0.364. The molecule has 0 atom stereocenters. The minimum Gasteiger partial charge on any atom is -0.399 e. The lowest BCUT2D eigenvalue weighted by Crippen LogP contribution is -2.33. The predicted molar refractivity (Wildman–Crippen MR) is 57.2 cm³/mol. The fourth-order valence-electron chi connectivity index (χ4n) is 1.92. The van der Waals surface area contributed by atoms with Crippen molar-refractivity contribution in [2.75, 3.05) is 17.2 Å². The fourth-order valence-corrected chi connectivity index (χ4v) is 1.92. The highest BCUT2D eigenvalue weighted by atomic mass is 16.2. The quantitative estimate of drug-likeness (QED) is 0.631. The summed E-state index contributed by atoms with van der Waals surface area (Å²) in [6.07, 6.45) is 2.08. The lowest BCUT2D eigenvalue weighted by atomic mass is 10.0. The van der Waals surface area contributed by atoms with E-state index in [-0.39, 0.29) is 5.91 Å². The Kier molecular flexibility index (Phi) is 2.15. The Hall–Kier alpha value is -1.51. The summed E-state index contributed by atoms with van der Waals surface area (Å²) in [5.74, 6) is 0.0940. The van der Waals surface area contributed by atoms with Crippen LogP contribution in [0.15, 0.2) is 18.2 Å². The second-order valence-corrected chi connectivity index (χ2v) is 3.66. The van der Waals surface area contributed by atoms with Gasteiger partial charge in [-0.05, 0) is 30.5 Å². The number of anilines is 2. The number of aryl methyl sites for hydroxylation is 1. The summed E-state index contributed by atoms with van der Waals surface area (Å²) < 4.78 is 0. The second kappa shape index (κ2) is 3.33. The molecule has 2 rings (SSSR count). The number of nitrogens with zero attached hydrogens (tertiary/aromatic N) is 1. The number of amides is 1. The van der Waals surface area contributed by atoms with Crippen LogP contribution in [0.1, 0.15) is 18.9 Å². The number of benzene rings is 1. The Balaban J connectivity index is 2.46. The molecule has 3 heteroatoms. The Morgan fingerprint density at radius 3 is 3.00 bits per heavy atom. The van der Waals surface area contributed by atoms with Crippen LogP contribution < -0.4 is 10.6 Å². The van der Waals surface area contributed by atoms with Crippen LogP contribution in [0.2, 0.25) is 0 Å². The van der Waals surface area contributed by atoms with E-state index in [9.17, 15) is 4.79 Å². The van der Waals surface area contributed by atoms with Gasteiger partial charge in [0.15, 0.2) is 0 Å². The maximum Gasteiger partial charge on any atom is 0.223 e. The van der Waals surface area contributed by atoms with Gasteiger partial charge in [0.25, 0.3) is 0 Å². The zero-order chi connectivity index (χ0) is 10.1. The van der Waals surface area contributed by atoms with Crippen LogP contribution in [-0.4, -0.2) is 12.5 Å². The zero-order valence-electron chi connectivity index (χ0n) is 8.29. The van der Waals surface area contributed by atoms with Gasteiger partial charge in [-0.3, -0.25) is 4.79 Å². The summed E-state index contributed by atoms with van der Waals surface area (Å²) in [6, 6.07) is 5.79. The van der Waals surface area contributed by atoms with Gasteiger partial charge in [-0.15, -0.1) is 0 Å². The van der Waals surface area contributed by atoms with Crippen molar-refractivity contribution in [3.8, 4) is 0 Å². The van der Waals surface area contributed by atoms with Crippen LogP contribution in [0.25, 0.3) is 0 Å². The molecular formula is C11H14N2O. The minimum absolute atomic E-state index is 0.0940. The molecule has 2 N–H and O–H groups in total. The first-order chi connectivity index (χ1) is 6.68. The van der Waals surface area contributed by atoms with Gasteiger partial charge in [0.1, 0.15) is 0 Å². The molecule has 0 unspecified atom stereocenters. The van der Waals surface area contributed by atoms with Crippen molar-refractivity contribution in [3.63, 3.8) is 0 Å². The minimum atomic E-state index is 0.0940. The standard InChI is InChI=1S/C11H14N2O/c1-8(14)13-6-2-3-9-4-5-10(12)7-11(9)13/h4-5,7H,2-3,6,12H2,1H3. The molecule has 1 aromatic carbocycles. The van der Waals surface area contributed by atoms with Crippen molar-refractivity contribution in [2.45, 2.75) is 19.8 Å². The third kappa shape index (κ3) is 1.45. The highest BCUT2D eigenvalue weighted by Gasteiger charge is 2.19. The van der Waals surface area contributed by atoms with Crippen LogP contribution in [0.3, 0.4) is 0 Å². The molecule has 0 saturated carbocycles. The average Bonchev–Trinajstić information content (AvgIpc) is 2.16. The lowest BCUT2D eigenvalue weighted by Gasteiger charge is -2.28. The molecule has 0 spiro atoms. The molecule has 3 nitrogen and oxygen atoms in total. The first kappa shape index (κ1) is 9.06. The molecule has 0 radical (unpaired) electrons. The Labute approximate surface area is 83.5 Å². The normalized spacial score (nSPS) is 15.1. The number of fused-ring (bicyclic) bond motifs is 1. The predicted octanol–water partition coefficient (Wildman–Crippen LogP) is 1.57. The van der Waals surface area contributed by atoms with E-state index in [1.54, 1.807) is 11.8 Å². The van der Waals surface area contributed by atoms with Crippen molar-refractivity contribution in [1.29, 1.82) is 0 Å². The number of carbonyl (C=O) groups is 1. The van der Waals surface area contributed by atoms with Gasteiger partial charge >= 0.3 is 0 Å². The van der Waals surface area contributed by atoms with E-state index in [0.29, 0.717) is 0 Å². The number of hydrogen-bond acceptors (Lipinski definition) is 2. The van der Waals surface area contributed by atoms with Gasteiger partial charge < -0.3 is 10.6 Å². The average molecular weight is 190 g/mol. The second-order valence-electron chi connectivity index (χ2n) is 3.66. The van der Waals surface area contributed by atoms with Crippen molar-refractivity contribution in [2.24, 2.45) is 0 Å². The smallest absolute Gasteiger partial charge is 0.223 e. The third-order valence-corrected chi connectivity index (χ3v) is 2.61. The van der Waals surface area contributed by atoms with Crippen molar-refractivity contribution < 1.29 is 4.79 Å². The van der Waals surface area contributed by atoms with E-state index in [4.69, 9.17) is 5.73 Å². The van der Waals surface area contributed by atoms with E-state index < -0.39 is 0 Å². The lowest BCUT2D eigenvalue weighted by molar-refractivity contribution is -0.116. The van der Waals surface area contributed by atoms with Crippen molar-refractivity contribution >= 4 is 17.3 Å². The number of hydrogen-bond donors (Lipinski definition) is 1. The molecule has 1 aliphatic rings. The Morgan fingerprint density at radius 1 is 1.50 bits per heavy atom. The summed E-state index contributed by atoms with van der Waals surface area (Å²) in [6.45, 7) is 2.41. The molecule has 0 fully saturated rings. The third-order valence-electron chi connectivity index (χ3n) is 2.61. The van der Waals surface area contributed by atoms with Gasteiger partial charge in [0, 0.05) is 24.8 Å². The molecule has 0 aromatic heterocycles. The van der Waals surface area contributed by atoms with Gasteiger partial charge in [-0.25, -0.2) is 0 Å². The summed E-state index contributed by atoms with van der Waals surface area (Å²) in [5, 5.41) is 0. The topological polar surface area (TPSA) is 46.3 Å². The van der Waals surface area contributed by atoms with E-state index in [1.165, 1.54) is 5.56 Å². The van der Waals surface area contributed by atoms with E-state index in [2.05, 4.69) is 0 Å². The maximum atomic E-state index is 11.4.